The van der Waals surface area contributed by atoms with Crippen LogP contribution in [0.15, 0.2) is 11.6 Å². The second-order valence-electron chi connectivity index (χ2n) is 19.2. The van der Waals surface area contributed by atoms with E-state index in [2.05, 4.69) is 51.5 Å². The van der Waals surface area contributed by atoms with Gasteiger partial charge in [0.1, 0.15) is 25.4 Å². The van der Waals surface area contributed by atoms with E-state index in [1.807, 2.05) is 13.0 Å². The molecule has 0 spiro atoms. The molecule has 1 heterocycles. The van der Waals surface area contributed by atoms with Gasteiger partial charge in [-0.2, -0.15) is 0 Å². The van der Waals surface area contributed by atoms with Gasteiger partial charge in [-0.25, -0.2) is 0 Å². The second-order valence-corrected chi connectivity index (χ2v) is 19.2. The highest BCUT2D eigenvalue weighted by atomic mass is 16.6. The molecule has 12 atom stereocenters. The Morgan fingerprint density at radius 2 is 1.50 bits per heavy atom. The summed E-state index contributed by atoms with van der Waals surface area (Å²) in [7, 11) is 2.14. The topological polar surface area (TPSA) is 129 Å². The lowest BCUT2D eigenvalue weighted by Gasteiger charge is -2.71. The molecule has 0 aromatic carbocycles. The molecular formula is C43H66N2O9. The van der Waals surface area contributed by atoms with Crippen molar-refractivity contribution in [3.8, 4) is 0 Å². The van der Waals surface area contributed by atoms with Gasteiger partial charge in [0, 0.05) is 64.8 Å². The number of rotatable bonds is 8. The van der Waals surface area contributed by atoms with Crippen LogP contribution in [0.5, 0.6) is 0 Å². The molecule has 5 fully saturated rings. The summed E-state index contributed by atoms with van der Waals surface area (Å²) in [6.07, 6.45) is 5.18. The lowest BCUT2D eigenvalue weighted by Crippen LogP contribution is -2.70. The van der Waals surface area contributed by atoms with Crippen molar-refractivity contribution in [3.05, 3.63) is 11.6 Å². The molecule has 1 saturated heterocycles. The van der Waals surface area contributed by atoms with Gasteiger partial charge in [-0.05, 0) is 98.0 Å². The van der Waals surface area contributed by atoms with Crippen LogP contribution in [0, 0.1) is 56.7 Å². The second kappa shape index (κ2) is 14.6. The van der Waals surface area contributed by atoms with Crippen molar-refractivity contribution in [1.29, 1.82) is 0 Å². The largest absolute Gasteiger partial charge is 0.465 e. The average molecular weight is 755 g/mol. The minimum absolute atomic E-state index is 0.0365. The summed E-state index contributed by atoms with van der Waals surface area (Å²) in [5, 5.41) is 0. The number of carbonyl (C=O) groups is 5. The number of nitrogens with zero attached hydrogens (tertiary/aromatic N) is 2. The first kappa shape index (κ1) is 40.9. The average Bonchev–Trinajstić information content (AvgIpc) is 3.08. The van der Waals surface area contributed by atoms with Gasteiger partial charge in [0.25, 0.3) is 0 Å². The Kier molecular flexibility index (Phi) is 11.1. The van der Waals surface area contributed by atoms with Crippen LogP contribution in [-0.2, 0) is 42.9 Å². The molecule has 11 nitrogen and oxygen atoms in total. The van der Waals surface area contributed by atoms with Crippen molar-refractivity contribution in [1.82, 2.24) is 9.80 Å². The van der Waals surface area contributed by atoms with E-state index in [1.165, 1.54) is 20.8 Å². The standard InChI is InChI=1S/C43H66N2O9/c1-26-11-14-43(38(50)51-22-21-45-19-17-44(10)18-20-45)16-15-41(8)31(35(43)27(26)2)23-32(49)36-39(6)24-33(53-29(4)47)37(54-30(5)48)40(7,25-52-28(3)46)34(39)12-13-42(36,41)9/h23,26-27,33-37H,11-22,24-25H2,1-10H3/t26-,27+,33-,34?,35?,36?,37+,39+,40+,41-,42-,43+/m1/s1. The van der Waals surface area contributed by atoms with Crippen LogP contribution in [0.4, 0.5) is 0 Å². The monoisotopic (exact) mass is 754 g/mol. The van der Waals surface area contributed by atoms with Gasteiger partial charge in [-0.1, -0.05) is 47.1 Å². The first-order chi connectivity index (χ1) is 25.2. The summed E-state index contributed by atoms with van der Waals surface area (Å²) in [6, 6.07) is 0. The fourth-order valence-corrected chi connectivity index (χ4v) is 13.2. The van der Waals surface area contributed by atoms with E-state index >= 15 is 4.79 Å². The molecule has 3 unspecified atom stereocenters. The van der Waals surface area contributed by atoms with Crippen molar-refractivity contribution in [3.63, 3.8) is 0 Å². The molecule has 0 aromatic rings. The normalized spacial score (nSPS) is 43.6. The Labute approximate surface area is 322 Å². The quantitative estimate of drug-likeness (QED) is 0.226. The minimum atomic E-state index is -0.931. The van der Waals surface area contributed by atoms with Crippen LogP contribution >= 0.6 is 0 Å². The van der Waals surface area contributed by atoms with E-state index in [0.717, 1.165) is 64.0 Å². The van der Waals surface area contributed by atoms with Gasteiger partial charge in [-0.15, -0.1) is 0 Å². The van der Waals surface area contributed by atoms with Crippen LogP contribution in [0.25, 0.3) is 0 Å². The summed E-state index contributed by atoms with van der Waals surface area (Å²) < 4.78 is 23.9. The molecule has 0 bridgehead atoms. The Balaban J connectivity index is 1.38. The summed E-state index contributed by atoms with van der Waals surface area (Å²) in [6.45, 7) is 22.3. The van der Waals surface area contributed by atoms with Crippen molar-refractivity contribution in [2.45, 2.75) is 119 Å². The fraction of sp³-hybridized carbons (Fsp3) is 0.837. The van der Waals surface area contributed by atoms with Gasteiger partial charge >= 0.3 is 23.9 Å². The van der Waals surface area contributed by atoms with Crippen LogP contribution in [0.3, 0.4) is 0 Å². The third kappa shape index (κ3) is 6.54. The molecule has 4 saturated carbocycles. The zero-order valence-corrected chi connectivity index (χ0v) is 34.6. The molecule has 1 aliphatic heterocycles. The number of allylic oxidation sites excluding steroid dienone is 2. The van der Waals surface area contributed by atoms with E-state index in [9.17, 15) is 19.2 Å². The highest BCUT2D eigenvalue weighted by molar-refractivity contribution is 5.96. The third-order valence-electron chi connectivity index (χ3n) is 16.3. The number of likely N-dealkylation sites (N-methyl/N-ethyl adjacent to an activating group) is 1. The highest BCUT2D eigenvalue weighted by Crippen LogP contribution is 2.75. The third-order valence-corrected chi connectivity index (χ3v) is 16.3. The maximum atomic E-state index is 15.2. The zero-order chi connectivity index (χ0) is 39.6. The summed E-state index contributed by atoms with van der Waals surface area (Å²) in [5.74, 6) is -1.68. The maximum absolute atomic E-state index is 15.2. The van der Waals surface area contributed by atoms with Gasteiger partial charge in [-0.3, -0.25) is 28.9 Å². The van der Waals surface area contributed by atoms with E-state index < -0.39 is 57.7 Å². The number of piperazine rings is 1. The van der Waals surface area contributed by atoms with E-state index in [0.29, 0.717) is 31.8 Å². The molecule has 6 aliphatic rings. The molecule has 302 valence electrons. The smallest absolute Gasteiger partial charge is 0.312 e. The number of esters is 4. The van der Waals surface area contributed by atoms with Crippen LogP contribution in [0.2, 0.25) is 0 Å². The molecule has 0 radical (unpaired) electrons. The number of ether oxygens (including phenoxy) is 4. The van der Waals surface area contributed by atoms with E-state index in [4.69, 9.17) is 18.9 Å². The predicted molar refractivity (Wildman–Crippen MR) is 202 cm³/mol. The van der Waals surface area contributed by atoms with Crippen molar-refractivity contribution in [2.24, 2.45) is 56.7 Å². The Morgan fingerprint density at radius 1 is 0.833 bits per heavy atom. The lowest BCUT2D eigenvalue weighted by molar-refractivity contribution is -0.252. The van der Waals surface area contributed by atoms with Crippen molar-refractivity contribution >= 4 is 29.7 Å². The number of hydrogen-bond acceptors (Lipinski definition) is 11. The number of ketones is 1. The Hall–Kier alpha value is -2.79. The van der Waals surface area contributed by atoms with Gasteiger partial charge < -0.3 is 23.8 Å². The van der Waals surface area contributed by atoms with E-state index in [1.54, 1.807) is 0 Å². The fourth-order valence-electron chi connectivity index (χ4n) is 13.2. The van der Waals surface area contributed by atoms with Crippen molar-refractivity contribution in [2.75, 3.05) is 53.0 Å². The Bertz CT molecular complexity index is 1550. The molecular weight excluding hydrogens is 688 g/mol. The molecule has 5 aliphatic carbocycles. The zero-order valence-electron chi connectivity index (χ0n) is 34.6. The van der Waals surface area contributed by atoms with Gasteiger partial charge in [0.05, 0.1) is 5.41 Å². The minimum Gasteiger partial charge on any atom is -0.465 e. The summed E-state index contributed by atoms with van der Waals surface area (Å²) in [4.78, 5) is 71.8. The van der Waals surface area contributed by atoms with E-state index in [-0.39, 0.29) is 41.5 Å². The number of fused-ring (bicyclic) bond motifs is 7. The first-order valence-electron chi connectivity index (χ1n) is 20.6. The van der Waals surface area contributed by atoms with Gasteiger partial charge in [0.15, 0.2) is 5.78 Å². The number of carbonyl (C=O) groups excluding carboxylic acids is 5. The summed E-state index contributed by atoms with van der Waals surface area (Å²) in [5.41, 5.74) is -2.04. The molecule has 0 aromatic heterocycles. The predicted octanol–water partition coefficient (Wildman–Crippen LogP) is 5.63. The van der Waals surface area contributed by atoms with Crippen LogP contribution in [0.1, 0.15) is 107 Å². The van der Waals surface area contributed by atoms with Gasteiger partial charge in [0.2, 0.25) is 0 Å². The SMILES string of the molecule is CC(=O)OC[C@@]1(C)C2CC[C@]3(C)C(C(=O)C=C4C5[C@@H](C)[C@H](C)CC[C@]5(C(=O)OCCN5CCN(C)CC5)CC[C@]43C)[C@@]2(C)C[C@@H](OC(C)=O)[C@@H]1OC(C)=O. The number of hydrogen-bond donors (Lipinski definition) is 0. The highest BCUT2D eigenvalue weighted by Gasteiger charge is 2.73. The first-order valence-corrected chi connectivity index (χ1v) is 20.6. The van der Waals surface area contributed by atoms with Crippen molar-refractivity contribution < 1.29 is 42.9 Å². The lowest BCUT2D eigenvalue weighted by atomic mass is 9.33. The molecule has 0 N–H and O–H groups in total. The molecule has 54 heavy (non-hydrogen) atoms. The maximum Gasteiger partial charge on any atom is 0.312 e. The van der Waals surface area contributed by atoms with Crippen LogP contribution < -0.4 is 0 Å². The summed E-state index contributed by atoms with van der Waals surface area (Å²) >= 11 is 0. The molecule has 0 amide bonds. The Morgan fingerprint density at radius 3 is 2.13 bits per heavy atom. The van der Waals surface area contributed by atoms with Crippen LogP contribution in [-0.4, -0.2) is 105 Å². The molecule has 6 rings (SSSR count). The molecule has 11 heteroatoms.